The van der Waals surface area contributed by atoms with Crippen LogP contribution in [-0.4, -0.2) is 9.78 Å². The van der Waals surface area contributed by atoms with E-state index in [0.717, 1.165) is 56.8 Å². The summed E-state index contributed by atoms with van der Waals surface area (Å²) in [7, 11) is 0. The first-order valence-corrected chi connectivity index (χ1v) is 14.4. The molecule has 0 amide bonds. The fourth-order valence-corrected chi connectivity index (χ4v) is 6.67. The molecule has 0 bridgehead atoms. The molecular formula is C38H30N4. The van der Waals surface area contributed by atoms with E-state index in [-0.39, 0.29) is 5.41 Å². The van der Waals surface area contributed by atoms with Crippen molar-refractivity contribution in [2.45, 2.75) is 19.3 Å². The summed E-state index contributed by atoms with van der Waals surface area (Å²) >= 11 is 0. The Morgan fingerprint density at radius 1 is 0.548 bits per heavy atom. The summed E-state index contributed by atoms with van der Waals surface area (Å²) in [5.41, 5.74) is 11.2. The maximum atomic E-state index is 5.36. The standard InChI is InChI=1S/C38H30N4/c1-26-28-17-7-11-21-32(28)40(33-22-12-8-18-29(26)33)36-25-37(42(39-36)27-15-5-4-6-16-27)41-34-23-13-9-19-30(34)38(2,3)31-20-10-14-24-35(31)41/h4-25H,1H2,2-3H3. The van der Waals surface area contributed by atoms with Crippen molar-refractivity contribution in [1.82, 2.24) is 9.78 Å². The third-order valence-electron chi connectivity index (χ3n) is 8.71. The van der Waals surface area contributed by atoms with E-state index < -0.39 is 0 Å². The molecule has 8 rings (SSSR count). The van der Waals surface area contributed by atoms with Crippen molar-refractivity contribution < 1.29 is 0 Å². The highest BCUT2D eigenvalue weighted by Crippen LogP contribution is 2.53. The molecule has 0 spiro atoms. The van der Waals surface area contributed by atoms with Crippen LogP contribution in [0.2, 0.25) is 0 Å². The van der Waals surface area contributed by atoms with E-state index in [2.05, 4.69) is 162 Å². The highest BCUT2D eigenvalue weighted by molar-refractivity contribution is 6.00. The molecule has 1 aromatic heterocycles. The number of fused-ring (bicyclic) bond motifs is 4. The minimum absolute atomic E-state index is 0.144. The zero-order chi connectivity index (χ0) is 28.4. The quantitative estimate of drug-likeness (QED) is 0.222. The second-order valence-corrected chi connectivity index (χ2v) is 11.5. The van der Waals surface area contributed by atoms with Crippen LogP contribution in [0.4, 0.5) is 34.4 Å². The maximum absolute atomic E-state index is 5.36. The molecule has 0 aliphatic carbocycles. The lowest BCUT2D eigenvalue weighted by Gasteiger charge is -2.41. The molecule has 3 heterocycles. The number of nitrogens with zero attached hydrogens (tertiary/aromatic N) is 4. The van der Waals surface area contributed by atoms with Gasteiger partial charge in [0.25, 0.3) is 0 Å². The van der Waals surface area contributed by atoms with E-state index in [9.17, 15) is 0 Å². The van der Waals surface area contributed by atoms with Crippen molar-refractivity contribution in [2.24, 2.45) is 0 Å². The van der Waals surface area contributed by atoms with Gasteiger partial charge in [0.05, 0.1) is 28.4 Å². The van der Waals surface area contributed by atoms with Crippen LogP contribution in [0.25, 0.3) is 11.3 Å². The predicted octanol–water partition coefficient (Wildman–Crippen LogP) is 9.83. The minimum atomic E-state index is -0.144. The molecule has 0 radical (unpaired) electrons. The van der Waals surface area contributed by atoms with Crippen LogP contribution in [-0.2, 0) is 5.41 Å². The summed E-state index contributed by atoms with van der Waals surface area (Å²) in [6.45, 7) is 9.10. The van der Waals surface area contributed by atoms with Gasteiger partial charge in [-0.15, -0.1) is 5.10 Å². The van der Waals surface area contributed by atoms with E-state index in [0.29, 0.717) is 0 Å². The van der Waals surface area contributed by atoms with Crippen LogP contribution in [0, 0.1) is 0 Å². The van der Waals surface area contributed by atoms with E-state index in [4.69, 9.17) is 5.10 Å². The molecule has 4 heteroatoms. The Hall–Kier alpha value is -5.35. The first-order chi connectivity index (χ1) is 20.5. The Morgan fingerprint density at radius 3 is 1.60 bits per heavy atom. The van der Waals surface area contributed by atoms with Gasteiger partial charge in [-0.25, -0.2) is 4.68 Å². The normalized spacial score (nSPS) is 14.6. The van der Waals surface area contributed by atoms with E-state index >= 15 is 0 Å². The highest BCUT2D eigenvalue weighted by Gasteiger charge is 2.38. The molecule has 0 fully saturated rings. The number of anilines is 6. The molecule has 0 unspecified atom stereocenters. The molecule has 0 saturated carbocycles. The van der Waals surface area contributed by atoms with Gasteiger partial charge < -0.3 is 0 Å². The third-order valence-corrected chi connectivity index (χ3v) is 8.71. The van der Waals surface area contributed by atoms with Crippen molar-refractivity contribution in [1.29, 1.82) is 0 Å². The third kappa shape index (κ3) is 3.45. The molecule has 6 aromatic rings. The van der Waals surface area contributed by atoms with Crippen LogP contribution >= 0.6 is 0 Å². The van der Waals surface area contributed by atoms with E-state index in [1.165, 1.54) is 11.1 Å². The molecule has 202 valence electrons. The van der Waals surface area contributed by atoms with Gasteiger partial charge in [-0.3, -0.25) is 9.80 Å². The second kappa shape index (κ2) is 9.08. The number of rotatable bonds is 3. The van der Waals surface area contributed by atoms with Crippen molar-refractivity contribution in [3.63, 3.8) is 0 Å². The lowest BCUT2D eigenvalue weighted by atomic mass is 9.73. The molecule has 2 aliphatic rings. The summed E-state index contributed by atoms with van der Waals surface area (Å²) in [5.74, 6) is 1.83. The van der Waals surface area contributed by atoms with Crippen LogP contribution in [0.5, 0.6) is 0 Å². The van der Waals surface area contributed by atoms with Gasteiger partial charge in [0.15, 0.2) is 5.82 Å². The smallest absolute Gasteiger partial charge is 0.162 e. The van der Waals surface area contributed by atoms with Crippen LogP contribution in [0.15, 0.2) is 140 Å². The van der Waals surface area contributed by atoms with Crippen LogP contribution < -0.4 is 9.80 Å². The number of hydrogen-bond donors (Lipinski definition) is 0. The Bertz CT molecular complexity index is 1900. The summed E-state index contributed by atoms with van der Waals surface area (Å²) in [5, 5.41) is 5.36. The van der Waals surface area contributed by atoms with Gasteiger partial charge >= 0.3 is 0 Å². The summed E-state index contributed by atoms with van der Waals surface area (Å²) < 4.78 is 2.08. The number of para-hydroxylation sites is 5. The molecule has 2 aliphatic heterocycles. The fraction of sp³-hybridized carbons (Fsp3) is 0.0789. The molecule has 5 aromatic carbocycles. The van der Waals surface area contributed by atoms with Crippen LogP contribution in [0.1, 0.15) is 36.1 Å². The van der Waals surface area contributed by atoms with Crippen molar-refractivity contribution in [3.05, 3.63) is 162 Å². The number of benzene rings is 5. The van der Waals surface area contributed by atoms with E-state index in [1.807, 2.05) is 6.07 Å². The van der Waals surface area contributed by atoms with Crippen molar-refractivity contribution in [2.75, 3.05) is 9.80 Å². The first kappa shape index (κ1) is 24.4. The SMILES string of the molecule is C=C1c2ccccc2N(c2cc(N3c4ccccc4C(C)(C)c4ccccc43)n(-c3ccccc3)n2)c2ccccc21. The average molecular weight is 543 g/mol. The topological polar surface area (TPSA) is 24.3 Å². The summed E-state index contributed by atoms with van der Waals surface area (Å²) in [4.78, 5) is 4.65. The van der Waals surface area contributed by atoms with Crippen molar-refractivity contribution >= 4 is 40.0 Å². The van der Waals surface area contributed by atoms with Crippen LogP contribution in [0.3, 0.4) is 0 Å². The van der Waals surface area contributed by atoms with Gasteiger partial charge in [0.2, 0.25) is 0 Å². The summed E-state index contributed by atoms with van der Waals surface area (Å²) in [6, 6.07) is 47.1. The molecule has 0 N–H and O–H groups in total. The molecular weight excluding hydrogens is 512 g/mol. The van der Waals surface area contributed by atoms with Gasteiger partial charge in [-0.05, 0) is 53.1 Å². The summed E-state index contributed by atoms with van der Waals surface area (Å²) in [6.07, 6.45) is 0. The Labute approximate surface area is 246 Å². The largest absolute Gasteiger partial charge is 0.294 e. The monoisotopic (exact) mass is 542 g/mol. The molecule has 0 saturated heterocycles. The van der Waals surface area contributed by atoms with Gasteiger partial charge in [0, 0.05) is 22.6 Å². The molecule has 42 heavy (non-hydrogen) atoms. The minimum Gasteiger partial charge on any atom is -0.294 e. The van der Waals surface area contributed by atoms with Gasteiger partial charge in [-0.1, -0.05) is 111 Å². The lowest BCUT2D eigenvalue weighted by Crippen LogP contribution is -2.31. The highest BCUT2D eigenvalue weighted by atomic mass is 15.4. The second-order valence-electron chi connectivity index (χ2n) is 11.5. The van der Waals surface area contributed by atoms with Gasteiger partial charge in [0.1, 0.15) is 5.82 Å². The average Bonchev–Trinajstić information content (AvgIpc) is 3.46. The van der Waals surface area contributed by atoms with Gasteiger partial charge in [-0.2, -0.15) is 0 Å². The lowest BCUT2D eigenvalue weighted by molar-refractivity contribution is 0.630. The van der Waals surface area contributed by atoms with E-state index in [1.54, 1.807) is 0 Å². The number of hydrogen-bond acceptors (Lipinski definition) is 3. The molecule has 4 nitrogen and oxygen atoms in total. The maximum Gasteiger partial charge on any atom is 0.162 e. The molecule has 0 atom stereocenters. The Kier molecular flexibility index (Phi) is 5.29. The fourth-order valence-electron chi connectivity index (χ4n) is 6.67. The Balaban J connectivity index is 1.42. The zero-order valence-electron chi connectivity index (χ0n) is 23.7. The number of aromatic nitrogens is 2. The van der Waals surface area contributed by atoms with Crippen molar-refractivity contribution in [3.8, 4) is 5.69 Å². The first-order valence-electron chi connectivity index (χ1n) is 14.4. The zero-order valence-corrected chi connectivity index (χ0v) is 23.7. The predicted molar refractivity (Wildman–Crippen MR) is 173 cm³/mol. The Morgan fingerprint density at radius 2 is 1.02 bits per heavy atom.